The molecule has 0 unspecified atom stereocenters. The van der Waals surface area contributed by atoms with Gasteiger partial charge in [-0.2, -0.15) is 5.10 Å². The van der Waals surface area contributed by atoms with Gasteiger partial charge >= 0.3 is 5.97 Å². The second kappa shape index (κ2) is 6.22. The van der Waals surface area contributed by atoms with Crippen LogP contribution in [0.25, 0.3) is 0 Å². The normalized spacial score (nSPS) is 10.7. The molecular weight excluding hydrogens is 272 g/mol. The molecule has 0 aliphatic rings. The summed E-state index contributed by atoms with van der Waals surface area (Å²) < 4.78 is 8.55. The van der Waals surface area contributed by atoms with Gasteiger partial charge in [0, 0.05) is 16.4 Å². The van der Waals surface area contributed by atoms with E-state index in [1.165, 1.54) is 0 Å². The molecule has 0 spiro atoms. The van der Waals surface area contributed by atoms with Gasteiger partial charge in [-0.25, -0.2) is 4.79 Å². The van der Waals surface area contributed by atoms with E-state index in [0.29, 0.717) is 11.6 Å². The first-order valence-corrected chi connectivity index (χ1v) is 6.78. The number of hydrogen-bond acceptors (Lipinski definition) is 8. The molecule has 6 nitrogen and oxygen atoms in total. The fourth-order valence-corrected chi connectivity index (χ4v) is 2.21. The molecule has 18 heavy (non-hydrogen) atoms. The van der Waals surface area contributed by atoms with Gasteiger partial charge in [0.05, 0.1) is 12.8 Å². The van der Waals surface area contributed by atoms with E-state index in [9.17, 15) is 4.79 Å². The zero-order valence-electron chi connectivity index (χ0n) is 9.49. The Labute approximate surface area is 111 Å². The van der Waals surface area contributed by atoms with E-state index >= 15 is 0 Å². The van der Waals surface area contributed by atoms with Gasteiger partial charge in [-0.1, -0.05) is 10.6 Å². The molecule has 0 saturated carbocycles. The number of thiophene rings is 1. The third-order valence-electron chi connectivity index (χ3n) is 1.86. The summed E-state index contributed by atoms with van der Waals surface area (Å²) in [6, 6.07) is 3.87. The van der Waals surface area contributed by atoms with Crippen LogP contribution in [0.2, 0.25) is 0 Å². The fourth-order valence-electron chi connectivity index (χ4n) is 1.12. The Hall–Kier alpha value is -1.80. The van der Waals surface area contributed by atoms with Gasteiger partial charge in [0.2, 0.25) is 5.69 Å². The average Bonchev–Trinajstić information content (AvgIpc) is 3.00. The minimum atomic E-state index is -0.500. The summed E-state index contributed by atoms with van der Waals surface area (Å²) in [5.41, 5.74) is 2.90. The van der Waals surface area contributed by atoms with E-state index < -0.39 is 5.97 Å². The molecule has 8 heteroatoms. The van der Waals surface area contributed by atoms with Crippen molar-refractivity contribution in [3.63, 3.8) is 0 Å². The van der Waals surface area contributed by atoms with Crippen molar-refractivity contribution in [2.24, 2.45) is 5.10 Å². The van der Waals surface area contributed by atoms with Gasteiger partial charge < -0.3 is 4.74 Å². The standard InChI is InChI=1S/C10H10N4O2S2/c1-2-16-10(15)8-9(18-14-12-8)13-11-6-7-4-3-5-17-7/h3-6,13H,2H2,1H3. The summed E-state index contributed by atoms with van der Waals surface area (Å²) in [5.74, 6) is -0.500. The lowest BCUT2D eigenvalue weighted by molar-refractivity contribution is 0.0520. The lowest BCUT2D eigenvalue weighted by Gasteiger charge is -1.99. The van der Waals surface area contributed by atoms with Crippen LogP contribution in [0.15, 0.2) is 22.6 Å². The maximum absolute atomic E-state index is 11.5. The number of hydrogen-bond donors (Lipinski definition) is 1. The highest BCUT2D eigenvalue weighted by atomic mass is 32.1. The molecule has 1 N–H and O–H groups in total. The lowest BCUT2D eigenvalue weighted by atomic mass is 10.5. The van der Waals surface area contributed by atoms with Crippen LogP contribution in [0.4, 0.5) is 5.00 Å². The van der Waals surface area contributed by atoms with Crippen LogP contribution in [-0.2, 0) is 4.74 Å². The highest BCUT2D eigenvalue weighted by Crippen LogP contribution is 2.18. The Bertz CT molecular complexity index is 536. The Morgan fingerprint density at radius 1 is 1.67 bits per heavy atom. The minimum absolute atomic E-state index is 0.158. The molecule has 0 aliphatic heterocycles. The van der Waals surface area contributed by atoms with E-state index in [2.05, 4.69) is 20.1 Å². The van der Waals surface area contributed by atoms with Crippen LogP contribution in [-0.4, -0.2) is 28.4 Å². The van der Waals surface area contributed by atoms with Crippen LogP contribution in [0.5, 0.6) is 0 Å². The fraction of sp³-hybridized carbons (Fsp3) is 0.200. The van der Waals surface area contributed by atoms with E-state index in [-0.39, 0.29) is 5.69 Å². The molecule has 0 fully saturated rings. The maximum atomic E-state index is 11.5. The van der Waals surface area contributed by atoms with Crippen LogP contribution >= 0.6 is 22.9 Å². The number of nitrogens with zero attached hydrogens (tertiary/aromatic N) is 3. The molecule has 2 aromatic heterocycles. The number of esters is 1. The van der Waals surface area contributed by atoms with Crippen molar-refractivity contribution in [3.8, 4) is 0 Å². The molecule has 94 valence electrons. The minimum Gasteiger partial charge on any atom is -0.461 e. The Morgan fingerprint density at radius 3 is 3.28 bits per heavy atom. The summed E-state index contributed by atoms with van der Waals surface area (Å²) in [6.07, 6.45) is 1.67. The van der Waals surface area contributed by atoms with Crippen molar-refractivity contribution in [2.45, 2.75) is 6.92 Å². The summed E-state index contributed by atoms with van der Waals surface area (Å²) in [7, 11) is 0. The molecular formula is C10H10N4O2S2. The molecule has 0 bridgehead atoms. The molecule has 0 saturated heterocycles. The van der Waals surface area contributed by atoms with Crippen LogP contribution < -0.4 is 5.43 Å². The number of nitrogens with one attached hydrogen (secondary N) is 1. The van der Waals surface area contributed by atoms with Crippen molar-refractivity contribution in [1.29, 1.82) is 0 Å². The number of hydrazone groups is 1. The quantitative estimate of drug-likeness (QED) is 0.517. The van der Waals surface area contributed by atoms with Crippen LogP contribution in [0.1, 0.15) is 22.3 Å². The van der Waals surface area contributed by atoms with E-state index in [1.54, 1.807) is 24.5 Å². The first kappa shape index (κ1) is 12.7. The zero-order chi connectivity index (χ0) is 12.8. The number of carbonyl (C=O) groups is 1. The second-order valence-corrected chi connectivity index (χ2v) is 4.79. The zero-order valence-corrected chi connectivity index (χ0v) is 11.1. The number of anilines is 1. The van der Waals surface area contributed by atoms with Crippen LogP contribution in [0, 0.1) is 0 Å². The lowest BCUT2D eigenvalue weighted by Crippen LogP contribution is -2.07. The molecule has 0 aromatic carbocycles. The Morgan fingerprint density at radius 2 is 2.56 bits per heavy atom. The highest BCUT2D eigenvalue weighted by Gasteiger charge is 2.17. The average molecular weight is 282 g/mol. The molecule has 2 rings (SSSR count). The second-order valence-electron chi connectivity index (χ2n) is 3.06. The predicted octanol–water partition coefficient (Wildman–Crippen LogP) is 2.22. The van der Waals surface area contributed by atoms with Crippen molar-refractivity contribution < 1.29 is 9.53 Å². The molecule has 0 radical (unpaired) electrons. The third kappa shape index (κ3) is 3.11. The molecule has 0 atom stereocenters. The van der Waals surface area contributed by atoms with Gasteiger partial charge in [0.25, 0.3) is 0 Å². The summed E-state index contributed by atoms with van der Waals surface area (Å²) in [4.78, 5) is 12.5. The largest absolute Gasteiger partial charge is 0.461 e. The van der Waals surface area contributed by atoms with Gasteiger partial charge in [-0.05, 0) is 18.4 Å². The first-order valence-electron chi connectivity index (χ1n) is 5.13. The number of ether oxygens (including phenoxy) is 1. The molecule has 0 amide bonds. The van der Waals surface area contributed by atoms with Crippen molar-refractivity contribution in [3.05, 3.63) is 28.1 Å². The third-order valence-corrected chi connectivity index (χ3v) is 3.30. The monoisotopic (exact) mass is 282 g/mol. The first-order chi connectivity index (χ1) is 8.81. The van der Waals surface area contributed by atoms with Crippen molar-refractivity contribution in [2.75, 3.05) is 12.0 Å². The summed E-state index contributed by atoms with van der Waals surface area (Å²) >= 11 is 2.63. The van der Waals surface area contributed by atoms with E-state index in [1.807, 2.05) is 17.5 Å². The number of carbonyl (C=O) groups excluding carboxylic acids is 1. The SMILES string of the molecule is CCOC(=O)c1nnsc1NN=Cc1cccs1. The predicted molar refractivity (Wildman–Crippen MR) is 71.4 cm³/mol. The molecule has 2 aromatic rings. The van der Waals surface area contributed by atoms with E-state index in [0.717, 1.165) is 16.4 Å². The summed E-state index contributed by atoms with van der Waals surface area (Å²) in [5, 5.41) is 10.2. The Balaban J connectivity index is 2.02. The van der Waals surface area contributed by atoms with Gasteiger partial charge in [0.1, 0.15) is 0 Å². The number of aromatic nitrogens is 2. The van der Waals surface area contributed by atoms with Crippen molar-refractivity contribution >= 4 is 40.1 Å². The Kier molecular flexibility index (Phi) is 4.37. The topological polar surface area (TPSA) is 76.5 Å². The van der Waals surface area contributed by atoms with Gasteiger partial charge in [0.15, 0.2) is 5.00 Å². The smallest absolute Gasteiger partial charge is 0.362 e. The summed E-state index contributed by atoms with van der Waals surface area (Å²) in [6.45, 7) is 2.04. The number of rotatable bonds is 5. The van der Waals surface area contributed by atoms with Gasteiger partial charge in [-0.3, -0.25) is 5.43 Å². The molecule has 2 heterocycles. The molecule has 0 aliphatic carbocycles. The van der Waals surface area contributed by atoms with Crippen molar-refractivity contribution in [1.82, 2.24) is 9.59 Å². The highest BCUT2D eigenvalue weighted by molar-refractivity contribution is 7.11. The van der Waals surface area contributed by atoms with Crippen LogP contribution in [0.3, 0.4) is 0 Å². The van der Waals surface area contributed by atoms with E-state index in [4.69, 9.17) is 4.74 Å². The maximum Gasteiger partial charge on any atom is 0.362 e. The van der Waals surface area contributed by atoms with Gasteiger partial charge in [-0.15, -0.1) is 16.4 Å².